The van der Waals surface area contributed by atoms with Crippen LogP contribution in [0.2, 0.25) is 0 Å². The number of fused-ring (bicyclic) bond motifs is 1. The molecule has 1 aliphatic rings. The first kappa shape index (κ1) is 13.3. The van der Waals surface area contributed by atoms with Crippen LogP contribution in [-0.4, -0.2) is 24.2 Å². The zero-order valence-corrected chi connectivity index (χ0v) is 11.6. The molecule has 0 unspecified atom stereocenters. The lowest BCUT2D eigenvalue weighted by molar-refractivity contribution is 0.102. The molecule has 0 saturated heterocycles. The summed E-state index contributed by atoms with van der Waals surface area (Å²) in [6.45, 7) is 3.06. The van der Waals surface area contributed by atoms with E-state index in [9.17, 15) is 9.90 Å². The van der Waals surface area contributed by atoms with E-state index in [2.05, 4.69) is 10.6 Å². The maximum atomic E-state index is 12.4. The number of carbonyl (C=O) groups is 1. The van der Waals surface area contributed by atoms with E-state index < -0.39 is 0 Å². The van der Waals surface area contributed by atoms with Crippen molar-refractivity contribution in [1.29, 1.82) is 0 Å². The highest BCUT2D eigenvalue weighted by Gasteiger charge is 2.19. The van der Waals surface area contributed by atoms with E-state index in [0.717, 1.165) is 17.8 Å². The number of hydrogen-bond acceptors (Lipinski definition) is 4. The van der Waals surface area contributed by atoms with E-state index in [-0.39, 0.29) is 11.7 Å². The summed E-state index contributed by atoms with van der Waals surface area (Å²) in [5.41, 5.74) is 2.60. The van der Waals surface area contributed by atoms with Gasteiger partial charge in [0, 0.05) is 18.3 Å². The molecule has 1 aliphatic heterocycles. The largest absolute Gasteiger partial charge is 0.508 e. The molecule has 5 heteroatoms. The number of nitrogens with one attached hydrogen (secondary N) is 2. The molecule has 3 rings (SSSR count). The van der Waals surface area contributed by atoms with Gasteiger partial charge in [-0.2, -0.15) is 0 Å². The third-order valence-electron chi connectivity index (χ3n) is 3.39. The van der Waals surface area contributed by atoms with Gasteiger partial charge in [0.2, 0.25) is 0 Å². The Morgan fingerprint density at radius 2 is 2.19 bits per heavy atom. The maximum Gasteiger partial charge on any atom is 0.259 e. The Kier molecular flexibility index (Phi) is 3.39. The van der Waals surface area contributed by atoms with Gasteiger partial charge in [0.1, 0.15) is 12.4 Å². The van der Waals surface area contributed by atoms with E-state index in [1.807, 2.05) is 12.1 Å². The lowest BCUT2D eigenvalue weighted by Crippen LogP contribution is -2.21. The molecule has 0 aromatic heterocycles. The lowest BCUT2D eigenvalue weighted by Gasteiger charge is -2.21. The van der Waals surface area contributed by atoms with Crippen LogP contribution in [0.3, 0.4) is 0 Å². The van der Waals surface area contributed by atoms with Crippen molar-refractivity contribution in [1.82, 2.24) is 0 Å². The summed E-state index contributed by atoms with van der Waals surface area (Å²) in [6.07, 6.45) is 0. The number of ether oxygens (including phenoxy) is 1. The first-order chi connectivity index (χ1) is 10.1. The predicted octanol–water partition coefficient (Wildman–Crippen LogP) is 2.76. The molecular formula is C16H16N2O3. The summed E-state index contributed by atoms with van der Waals surface area (Å²) in [5, 5.41) is 15.7. The Bertz CT molecular complexity index is 698. The molecule has 3 N–H and O–H groups in total. The summed E-state index contributed by atoms with van der Waals surface area (Å²) >= 11 is 0. The zero-order valence-electron chi connectivity index (χ0n) is 11.6. The summed E-state index contributed by atoms with van der Waals surface area (Å²) in [5.74, 6) is 0.456. The molecule has 0 radical (unpaired) electrons. The number of aromatic hydroxyl groups is 1. The fourth-order valence-electron chi connectivity index (χ4n) is 2.23. The molecule has 0 bridgehead atoms. The van der Waals surface area contributed by atoms with Crippen molar-refractivity contribution in [3.05, 3.63) is 47.5 Å². The van der Waals surface area contributed by atoms with Crippen molar-refractivity contribution in [2.75, 3.05) is 23.8 Å². The SMILES string of the molecule is Cc1ccc(NC(=O)c2cccc3c2OCCN3)cc1O. The van der Waals surface area contributed by atoms with E-state index in [1.165, 1.54) is 6.07 Å². The van der Waals surface area contributed by atoms with Crippen LogP contribution < -0.4 is 15.4 Å². The van der Waals surface area contributed by atoms with Crippen LogP contribution in [-0.2, 0) is 0 Å². The highest BCUT2D eigenvalue weighted by atomic mass is 16.5. The predicted molar refractivity (Wildman–Crippen MR) is 81.2 cm³/mol. The van der Waals surface area contributed by atoms with Gasteiger partial charge < -0.3 is 20.5 Å². The van der Waals surface area contributed by atoms with Gasteiger partial charge in [0.15, 0.2) is 5.75 Å². The molecule has 1 heterocycles. The van der Waals surface area contributed by atoms with Crippen LogP contribution in [0.1, 0.15) is 15.9 Å². The Morgan fingerprint density at radius 1 is 1.33 bits per heavy atom. The minimum Gasteiger partial charge on any atom is -0.508 e. The highest BCUT2D eigenvalue weighted by molar-refractivity contribution is 6.07. The first-order valence-electron chi connectivity index (χ1n) is 6.76. The van der Waals surface area contributed by atoms with Gasteiger partial charge in [0.05, 0.1) is 11.3 Å². The van der Waals surface area contributed by atoms with Crippen LogP contribution in [0.15, 0.2) is 36.4 Å². The standard InChI is InChI=1S/C16H16N2O3/c1-10-5-6-11(9-14(10)19)18-16(20)12-3-2-4-13-15(12)21-8-7-17-13/h2-6,9,17,19H,7-8H2,1H3,(H,18,20). The molecule has 108 valence electrons. The number of para-hydroxylation sites is 1. The lowest BCUT2D eigenvalue weighted by atomic mass is 10.1. The number of amides is 1. The average molecular weight is 284 g/mol. The van der Waals surface area contributed by atoms with Gasteiger partial charge in [-0.25, -0.2) is 0 Å². The van der Waals surface area contributed by atoms with Crippen LogP contribution in [0, 0.1) is 6.92 Å². The molecule has 2 aromatic rings. The van der Waals surface area contributed by atoms with Gasteiger partial charge in [-0.15, -0.1) is 0 Å². The van der Waals surface area contributed by atoms with E-state index in [4.69, 9.17) is 4.74 Å². The van der Waals surface area contributed by atoms with E-state index >= 15 is 0 Å². The second-order valence-corrected chi connectivity index (χ2v) is 4.91. The van der Waals surface area contributed by atoms with Crippen LogP contribution in [0.5, 0.6) is 11.5 Å². The van der Waals surface area contributed by atoms with Crippen LogP contribution in [0.25, 0.3) is 0 Å². The number of hydrogen-bond donors (Lipinski definition) is 3. The third-order valence-corrected chi connectivity index (χ3v) is 3.39. The van der Waals surface area contributed by atoms with Gasteiger partial charge in [-0.3, -0.25) is 4.79 Å². The summed E-state index contributed by atoms with van der Waals surface area (Å²) in [4.78, 5) is 12.4. The number of aryl methyl sites for hydroxylation is 1. The van der Waals surface area contributed by atoms with E-state index in [1.54, 1.807) is 25.1 Å². The minimum absolute atomic E-state index is 0.154. The average Bonchev–Trinajstić information content (AvgIpc) is 2.50. The van der Waals surface area contributed by atoms with Gasteiger partial charge in [-0.05, 0) is 30.7 Å². The Morgan fingerprint density at radius 3 is 3.00 bits per heavy atom. The van der Waals surface area contributed by atoms with Crippen molar-refractivity contribution < 1.29 is 14.6 Å². The third kappa shape index (κ3) is 2.63. The zero-order chi connectivity index (χ0) is 14.8. The topological polar surface area (TPSA) is 70.6 Å². The number of anilines is 2. The fraction of sp³-hybridized carbons (Fsp3) is 0.188. The molecule has 1 amide bonds. The Labute approximate surface area is 122 Å². The second-order valence-electron chi connectivity index (χ2n) is 4.91. The van der Waals surface area contributed by atoms with Crippen molar-refractivity contribution in [2.24, 2.45) is 0 Å². The molecule has 0 aliphatic carbocycles. The number of benzene rings is 2. The Hall–Kier alpha value is -2.69. The van der Waals surface area contributed by atoms with Gasteiger partial charge in [0.25, 0.3) is 5.91 Å². The van der Waals surface area contributed by atoms with Crippen molar-refractivity contribution in [2.45, 2.75) is 6.92 Å². The normalized spacial score (nSPS) is 12.8. The van der Waals surface area contributed by atoms with E-state index in [0.29, 0.717) is 23.6 Å². The van der Waals surface area contributed by atoms with Crippen LogP contribution in [0.4, 0.5) is 11.4 Å². The number of rotatable bonds is 2. The maximum absolute atomic E-state index is 12.4. The number of carbonyl (C=O) groups excluding carboxylic acids is 1. The summed E-state index contributed by atoms with van der Waals surface area (Å²) < 4.78 is 5.58. The van der Waals surface area contributed by atoms with Gasteiger partial charge in [-0.1, -0.05) is 12.1 Å². The first-order valence-corrected chi connectivity index (χ1v) is 6.76. The monoisotopic (exact) mass is 284 g/mol. The molecule has 0 saturated carbocycles. The smallest absolute Gasteiger partial charge is 0.259 e. The van der Waals surface area contributed by atoms with Crippen molar-refractivity contribution in [3.8, 4) is 11.5 Å². The van der Waals surface area contributed by atoms with Crippen molar-refractivity contribution in [3.63, 3.8) is 0 Å². The molecule has 2 aromatic carbocycles. The number of phenolic OH excluding ortho intramolecular Hbond substituents is 1. The number of phenols is 1. The highest BCUT2D eigenvalue weighted by Crippen LogP contribution is 2.32. The fourth-order valence-corrected chi connectivity index (χ4v) is 2.23. The molecular weight excluding hydrogens is 268 g/mol. The summed E-state index contributed by atoms with van der Waals surface area (Å²) in [7, 11) is 0. The van der Waals surface area contributed by atoms with Gasteiger partial charge >= 0.3 is 0 Å². The molecule has 5 nitrogen and oxygen atoms in total. The Balaban J connectivity index is 1.87. The molecule has 0 spiro atoms. The second kappa shape index (κ2) is 5.36. The van der Waals surface area contributed by atoms with Crippen molar-refractivity contribution >= 4 is 17.3 Å². The minimum atomic E-state index is -0.265. The van der Waals surface area contributed by atoms with Crippen LogP contribution >= 0.6 is 0 Å². The molecule has 0 atom stereocenters. The molecule has 21 heavy (non-hydrogen) atoms. The summed E-state index contributed by atoms with van der Waals surface area (Å²) in [6, 6.07) is 10.4. The quantitative estimate of drug-likeness (QED) is 0.793. The molecule has 0 fully saturated rings.